The monoisotopic (exact) mass is 285 g/mol. The highest BCUT2D eigenvalue weighted by Gasteiger charge is 2.10. The molecule has 0 aliphatic rings. The molecular formula is C21H19N. The van der Waals surface area contributed by atoms with Crippen molar-refractivity contribution in [1.29, 1.82) is 0 Å². The molecule has 0 fully saturated rings. The Morgan fingerprint density at radius 2 is 1.18 bits per heavy atom. The van der Waals surface area contributed by atoms with E-state index in [1.54, 1.807) is 0 Å². The summed E-state index contributed by atoms with van der Waals surface area (Å²) in [5.74, 6) is 0.170. The maximum Gasteiger partial charge on any atom is 0.0626 e. The van der Waals surface area contributed by atoms with Gasteiger partial charge in [-0.05, 0) is 30.2 Å². The van der Waals surface area contributed by atoms with Crippen molar-refractivity contribution in [2.24, 2.45) is 4.99 Å². The summed E-state index contributed by atoms with van der Waals surface area (Å²) >= 11 is 0. The highest BCUT2D eigenvalue weighted by molar-refractivity contribution is 5.75. The number of benzene rings is 3. The molecule has 0 N–H and O–H groups in total. The van der Waals surface area contributed by atoms with Crippen molar-refractivity contribution in [2.45, 2.75) is 12.8 Å². The molecule has 108 valence electrons. The van der Waals surface area contributed by atoms with Crippen molar-refractivity contribution in [1.82, 2.24) is 0 Å². The van der Waals surface area contributed by atoms with Crippen molar-refractivity contribution in [3.05, 3.63) is 102 Å². The molecule has 0 bridgehead atoms. The second kappa shape index (κ2) is 6.86. The van der Waals surface area contributed by atoms with Crippen molar-refractivity contribution >= 4 is 11.9 Å². The van der Waals surface area contributed by atoms with E-state index in [-0.39, 0.29) is 5.92 Å². The van der Waals surface area contributed by atoms with E-state index in [4.69, 9.17) is 0 Å². The Bertz CT molecular complexity index is 688. The first-order valence-corrected chi connectivity index (χ1v) is 7.54. The molecule has 0 spiro atoms. The van der Waals surface area contributed by atoms with Crippen LogP contribution in [0, 0.1) is 6.92 Å². The Hall–Kier alpha value is -2.67. The summed E-state index contributed by atoms with van der Waals surface area (Å²) in [7, 11) is 0. The van der Waals surface area contributed by atoms with Gasteiger partial charge in [0.25, 0.3) is 0 Å². The van der Waals surface area contributed by atoms with Crippen LogP contribution in [0.3, 0.4) is 0 Å². The Balaban J connectivity index is 1.94. The quantitative estimate of drug-likeness (QED) is 0.559. The molecule has 1 heteroatoms. The summed E-state index contributed by atoms with van der Waals surface area (Å²) in [5, 5.41) is 0. The number of rotatable bonds is 4. The summed E-state index contributed by atoms with van der Waals surface area (Å²) in [6, 6.07) is 29.3. The molecule has 0 heterocycles. The van der Waals surface area contributed by atoms with E-state index in [0.29, 0.717) is 0 Å². The Morgan fingerprint density at radius 1 is 0.682 bits per heavy atom. The number of hydrogen-bond acceptors (Lipinski definition) is 1. The predicted molar refractivity (Wildman–Crippen MR) is 94.1 cm³/mol. The summed E-state index contributed by atoms with van der Waals surface area (Å²) in [6.07, 6.45) is 2.04. The summed E-state index contributed by atoms with van der Waals surface area (Å²) in [4.78, 5) is 4.68. The molecule has 3 aromatic carbocycles. The van der Waals surface area contributed by atoms with E-state index < -0.39 is 0 Å². The molecular weight excluding hydrogens is 266 g/mol. The fourth-order valence-corrected chi connectivity index (χ4v) is 2.48. The Labute approximate surface area is 132 Å². The van der Waals surface area contributed by atoms with Gasteiger partial charge in [-0.15, -0.1) is 0 Å². The topological polar surface area (TPSA) is 12.4 Å². The van der Waals surface area contributed by atoms with Crippen LogP contribution < -0.4 is 0 Å². The average molecular weight is 285 g/mol. The molecule has 0 saturated heterocycles. The van der Waals surface area contributed by atoms with E-state index in [2.05, 4.69) is 84.7 Å². The van der Waals surface area contributed by atoms with E-state index in [1.807, 2.05) is 18.3 Å². The van der Waals surface area contributed by atoms with Gasteiger partial charge in [0.05, 0.1) is 5.69 Å². The first-order valence-electron chi connectivity index (χ1n) is 7.54. The molecule has 0 atom stereocenters. The van der Waals surface area contributed by atoms with Gasteiger partial charge >= 0.3 is 0 Å². The van der Waals surface area contributed by atoms with E-state index in [1.165, 1.54) is 16.7 Å². The van der Waals surface area contributed by atoms with Crippen molar-refractivity contribution < 1.29 is 0 Å². The fourth-order valence-electron chi connectivity index (χ4n) is 2.48. The zero-order chi connectivity index (χ0) is 15.2. The lowest BCUT2D eigenvalue weighted by atomic mass is 9.92. The SMILES string of the molecule is Cc1ccc(N=CC(c2ccccc2)c2ccccc2)cc1. The van der Waals surface area contributed by atoms with Crippen LogP contribution in [-0.4, -0.2) is 6.21 Å². The van der Waals surface area contributed by atoms with Gasteiger partial charge in [0, 0.05) is 12.1 Å². The Morgan fingerprint density at radius 3 is 1.68 bits per heavy atom. The largest absolute Gasteiger partial charge is 0.260 e. The van der Waals surface area contributed by atoms with Gasteiger partial charge in [-0.3, -0.25) is 4.99 Å². The lowest BCUT2D eigenvalue weighted by Gasteiger charge is -2.13. The van der Waals surface area contributed by atoms with Gasteiger partial charge in [0.2, 0.25) is 0 Å². The van der Waals surface area contributed by atoms with Gasteiger partial charge in [0.15, 0.2) is 0 Å². The third kappa shape index (κ3) is 3.50. The molecule has 0 unspecified atom stereocenters. The molecule has 0 amide bonds. The standard InChI is InChI=1S/C21H19N/c1-17-12-14-20(15-13-17)22-16-21(18-8-4-2-5-9-18)19-10-6-3-7-11-19/h2-16,21H,1H3. The minimum atomic E-state index is 0.170. The summed E-state index contributed by atoms with van der Waals surface area (Å²) in [6.45, 7) is 2.09. The highest BCUT2D eigenvalue weighted by atomic mass is 14.7. The highest BCUT2D eigenvalue weighted by Crippen LogP contribution is 2.24. The molecule has 0 aliphatic carbocycles. The first-order chi connectivity index (χ1) is 10.8. The van der Waals surface area contributed by atoms with Gasteiger partial charge in [-0.1, -0.05) is 78.4 Å². The maximum absolute atomic E-state index is 4.68. The summed E-state index contributed by atoms with van der Waals surface area (Å²) < 4.78 is 0. The number of aryl methyl sites for hydroxylation is 1. The van der Waals surface area contributed by atoms with Gasteiger partial charge in [0.1, 0.15) is 0 Å². The van der Waals surface area contributed by atoms with Crippen LogP contribution in [0.4, 0.5) is 5.69 Å². The fraction of sp³-hybridized carbons (Fsp3) is 0.0952. The van der Waals surface area contributed by atoms with Crippen LogP contribution in [0.2, 0.25) is 0 Å². The predicted octanol–water partition coefficient (Wildman–Crippen LogP) is 5.53. The van der Waals surface area contributed by atoms with Crippen molar-refractivity contribution in [2.75, 3.05) is 0 Å². The zero-order valence-corrected chi connectivity index (χ0v) is 12.7. The van der Waals surface area contributed by atoms with E-state index >= 15 is 0 Å². The molecule has 22 heavy (non-hydrogen) atoms. The van der Waals surface area contributed by atoms with Gasteiger partial charge < -0.3 is 0 Å². The molecule has 0 saturated carbocycles. The smallest absolute Gasteiger partial charge is 0.0626 e. The molecule has 0 aliphatic heterocycles. The van der Waals surface area contributed by atoms with Crippen LogP contribution in [-0.2, 0) is 0 Å². The zero-order valence-electron chi connectivity index (χ0n) is 12.7. The number of hydrogen-bond donors (Lipinski definition) is 0. The van der Waals surface area contributed by atoms with Crippen LogP contribution >= 0.6 is 0 Å². The maximum atomic E-state index is 4.68. The second-order valence-electron chi connectivity index (χ2n) is 5.41. The molecule has 0 radical (unpaired) electrons. The van der Waals surface area contributed by atoms with Gasteiger partial charge in [-0.25, -0.2) is 0 Å². The molecule has 0 aromatic heterocycles. The molecule has 1 nitrogen and oxygen atoms in total. The Kier molecular flexibility index (Phi) is 4.45. The van der Waals surface area contributed by atoms with E-state index in [0.717, 1.165) is 5.69 Å². The van der Waals surface area contributed by atoms with E-state index in [9.17, 15) is 0 Å². The normalized spacial score (nSPS) is 11.2. The molecule has 3 rings (SSSR count). The first kappa shape index (κ1) is 14.3. The summed E-state index contributed by atoms with van der Waals surface area (Å²) in [5.41, 5.74) is 4.75. The minimum Gasteiger partial charge on any atom is -0.260 e. The molecule has 3 aromatic rings. The lowest BCUT2D eigenvalue weighted by Crippen LogP contribution is -2.02. The second-order valence-corrected chi connectivity index (χ2v) is 5.41. The number of nitrogens with zero attached hydrogens (tertiary/aromatic N) is 1. The van der Waals surface area contributed by atoms with Crippen molar-refractivity contribution in [3.8, 4) is 0 Å². The third-order valence-electron chi connectivity index (χ3n) is 3.72. The number of aliphatic imine (C=N–C) groups is 1. The van der Waals surface area contributed by atoms with Crippen LogP contribution in [0.5, 0.6) is 0 Å². The average Bonchev–Trinajstić information content (AvgIpc) is 2.59. The third-order valence-corrected chi connectivity index (χ3v) is 3.72. The lowest BCUT2D eigenvalue weighted by molar-refractivity contribution is 1.10. The minimum absolute atomic E-state index is 0.170. The van der Waals surface area contributed by atoms with Gasteiger partial charge in [-0.2, -0.15) is 0 Å². The van der Waals surface area contributed by atoms with Crippen molar-refractivity contribution in [3.63, 3.8) is 0 Å². The van der Waals surface area contributed by atoms with Crippen LogP contribution in [0.25, 0.3) is 0 Å². The van der Waals surface area contributed by atoms with Crippen LogP contribution in [0.15, 0.2) is 89.9 Å². The van der Waals surface area contributed by atoms with Crippen LogP contribution in [0.1, 0.15) is 22.6 Å².